The zero-order valence-electron chi connectivity index (χ0n) is 7.99. The van der Waals surface area contributed by atoms with Gasteiger partial charge in [-0.1, -0.05) is 18.7 Å². The summed E-state index contributed by atoms with van der Waals surface area (Å²) in [4.78, 5) is 0. The van der Waals surface area contributed by atoms with E-state index in [0.717, 1.165) is 18.6 Å². The highest BCUT2D eigenvalue weighted by Crippen LogP contribution is 2.27. The number of aliphatic hydroxyl groups is 1. The Hall–Kier alpha value is -1.02. The molecule has 1 unspecified atom stereocenters. The van der Waals surface area contributed by atoms with Crippen molar-refractivity contribution in [2.24, 2.45) is 0 Å². The summed E-state index contributed by atoms with van der Waals surface area (Å²) in [5.74, 6) is 0.850. The predicted octanol–water partition coefficient (Wildman–Crippen LogP) is 2.17. The summed E-state index contributed by atoms with van der Waals surface area (Å²) in [7, 11) is 0. The van der Waals surface area contributed by atoms with Crippen LogP contribution in [0, 0.1) is 0 Å². The number of ether oxygens (including phenoxy) is 1. The Morgan fingerprint density at radius 3 is 3.00 bits per heavy atom. The van der Waals surface area contributed by atoms with Crippen molar-refractivity contribution in [1.29, 1.82) is 0 Å². The molecule has 72 valence electrons. The quantitative estimate of drug-likeness (QED) is 0.705. The summed E-state index contributed by atoms with van der Waals surface area (Å²) in [6.07, 6.45) is 7.42. The first-order chi connectivity index (χ1) is 6.31. The van der Waals surface area contributed by atoms with E-state index in [1.54, 1.807) is 6.08 Å². The van der Waals surface area contributed by atoms with Crippen LogP contribution >= 0.6 is 0 Å². The molecule has 1 aliphatic heterocycles. The van der Waals surface area contributed by atoms with Crippen LogP contribution in [-0.4, -0.2) is 17.8 Å². The van der Waals surface area contributed by atoms with Crippen molar-refractivity contribution in [2.45, 2.75) is 25.9 Å². The molecule has 0 saturated carbocycles. The minimum absolute atomic E-state index is 0.0464. The first-order valence-electron chi connectivity index (χ1n) is 4.57. The topological polar surface area (TPSA) is 29.5 Å². The maximum atomic E-state index is 8.94. The van der Waals surface area contributed by atoms with Gasteiger partial charge in [0.1, 0.15) is 11.9 Å². The highest BCUT2D eigenvalue weighted by Gasteiger charge is 2.19. The van der Waals surface area contributed by atoms with E-state index in [1.165, 1.54) is 5.57 Å². The summed E-state index contributed by atoms with van der Waals surface area (Å²) < 4.78 is 5.55. The van der Waals surface area contributed by atoms with Crippen LogP contribution in [0.4, 0.5) is 0 Å². The van der Waals surface area contributed by atoms with Crippen LogP contribution in [-0.2, 0) is 4.74 Å². The Morgan fingerprint density at radius 1 is 1.69 bits per heavy atom. The van der Waals surface area contributed by atoms with Crippen LogP contribution in [0.2, 0.25) is 0 Å². The van der Waals surface area contributed by atoms with Gasteiger partial charge in [-0.15, -0.1) is 0 Å². The van der Waals surface area contributed by atoms with E-state index in [2.05, 4.69) is 6.58 Å². The molecule has 1 N–H and O–H groups in total. The molecule has 0 radical (unpaired) electrons. The lowest BCUT2D eigenvalue weighted by atomic mass is 10.0. The molecule has 1 fully saturated rings. The Morgan fingerprint density at radius 2 is 2.46 bits per heavy atom. The van der Waals surface area contributed by atoms with E-state index in [1.807, 2.05) is 19.1 Å². The second-order valence-corrected chi connectivity index (χ2v) is 3.04. The van der Waals surface area contributed by atoms with E-state index in [-0.39, 0.29) is 12.7 Å². The smallest absolute Gasteiger partial charge is 0.122 e. The molecule has 1 aliphatic rings. The molecular formula is C11H16O2. The van der Waals surface area contributed by atoms with E-state index in [4.69, 9.17) is 9.84 Å². The van der Waals surface area contributed by atoms with Crippen LogP contribution in [0.3, 0.4) is 0 Å². The highest BCUT2D eigenvalue weighted by atomic mass is 16.5. The third-order valence-electron chi connectivity index (χ3n) is 2.17. The lowest BCUT2D eigenvalue weighted by Gasteiger charge is -2.26. The summed E-state index contributed by atoms with van der Waals surface area (Å²) >= 11 is 0. The van der Waals surface area contributed by atoms with Gasteiger partial charge in [-0.05, 0) is 31.4 Å². The number of rotatable bonds is 2. The standard InChI is InChI=1S/C11H16O2/c1-3-5-11-9(4-2)6-7-10(8-12)13-11/h3-5,10,12H,1,6-8H2,2H3/b9-4-,11-5+. The van der Waals surface area contributed by atoms with Crippen LogP contribution < -0.4 is 0 Å². The molecule has 13 heavy (non-hydrogen) atoms. The summed E-state index contributed by atoms with van der Waals surface area (Å²) in [5.41, 5.74) is 1.20. The van der Waals surface area contributed by atoms with Crippen molar-refractivity contribution in [3.63, 3.8) is 0 Å². The minimum Gasteiger partial charge on any atom is -0.488 e. The van der Waals surface area contributed by atoms with Gasteiger partial charge in [-0.25, -0.2) is 0 Å². The molecule has 1 atom stereocenters. The predicted molar refractivity (Wildman–Crippen MR) is 53.2 cm³/mol. The highest BCUT2D eigenvalue weighted by molar-refractivity contribution is 5.30. The molecule has 0 aromatic carbocycles. The molecular weight excluding hydrogens is 164 g/mol. The summed E-state index contributed by atoms with van der Waals surface area (Å²) in [6, 6.07) is 0. The molecule has 0 bridgehead atoms. The van der Waals surface area contributed by atoms with Gasteiger partial charge in [-0.3, -0.25) is 0 Å². The van der Waals surface area contributed by atoms with E-state index in [0.29, 0.717) is 0 Å². The molecule has 1 saturated heterocycles. The van der Waals surface area contributed by atoms with Gasteiger partial charge >= 0.3 is 0 Å². The second-order valence-electron chi connectivity index (χ2n) is 3.04. The van der Waals surface area contributed by atoms with Gasteiger partial charge in [-0.2, -0.15) is 0 Å². The van der Waals surface area contributed by atoms with Crippen molar-refractivity contribution < 1.29 is 9.84 Å². The minimum atomic E-state index is -0.0464. The maximum Gasteiger partial charge on any atom is 0.122 e. The third-order valence-corrected chi connectivity index (χ3v) is 2.17. The second kappa shape index (κ2) is 4.87. The molecule has 0 aliphatic carbocycles. The van der Waals surface area contributed by atoms with Gasteiger partial charge < -0.3 is 9.84 Å². The van der Waals surface area contributed by atoms with Crippen LogP contribution in [0.15, 0.2) is 36.1 Å². The summed E-state index contributed by atoms with van der Waals surface area (Å²) in [6.45, 7) is 5.71. The van der Waals surface area contributed by atoms with Crippen LogP contribution in [0.1, 0.15) is 19.8 Å². The zero-order chi connectivity index (χ0) is 9.68. The Bertz CT molecular complexity index is 238. The largest absolute Gasteiger partial charge is 0.488 e. The average Bonchev–Trinajstić information content (AvgIpc) is 2.18. The lowest BCUT2D eigenvalue weighted by Crippen LogP contribution is -2.22. The number of aliphatic hydroxyl groups excluding tert-OH is 1. The molecule has 0 spiro atoms. The molecule has 1 heterocycles. The number of allylic oxidation sites excluding steroid dienone is 4. The van der Waals surface area contributed by atoms with Gasteiger partial charge in [0.05, 0.1) is 6.61 Å². The molecule has 2 nitrogen and oxygen atoms in total. The Kier molecular flexibility index (Phi) is 3.77. The lowest BCUT2D eigenvalue weighted by molar-refractivity contribution is 0.0432. The van der Waals surface area contributed by atoms with E-state index in [9.17, 15) is 0 Å². The Balaban J connectivity index is 2.74. The van der Waals surface area contributed by atoms with Gasteiger partial charge in [0.2, 0.25) is 0 Å². The SMILES string of the molecule is C=C/C=C1/OC(CO)CC/C1=C/C. The maximum absolute atomic E-state index is 8.94. The van der Waals surface area contributed by atoms with Crippen molar-refractivity contribution in [2.75, 3.05) is 6.61 Å². The molecule has 0 amide bonds. The van der Waals surface area contributed by atoms with E-state index >= 15 is 0 Å². The fraction of sp³-hybridized carbons (Fsp3) is 0.455. The zero-order valence-corrected chi connectivity index (χ0v) is 7.99. The molecule has 0 aromatic heterocycles. The first-order valence-corrected chi connectivity index (χ1v) is 4.57. The van der Waals surface area contributed by atoms with Gasteiger partial charge in [0, 0.05) is 0 Å². The summed E-state index contributed by atoms with van der Waals surface area (Å²) in [5, 5.41) is 8.94. The van der Waals surface area contributed by atoms with Crippen molar-refractivity contribution >= 4 is 0 Å². The fourth-order valence-electron chi connectivity index (χ4n) is 1.42. The van der Waals surface area contributed by atoms with Crippen LogP contribution in [0.5, 0.6) is 0 Å². The Labute approximate surface area is 79.2 Å². The van der Waals surface area contributed by atoms with Crippen LogP contribution in [0.25, 0.3) is 0 Å². The van der Waals surface area contributed by atoms with Crippen molar-refractivity contribution in [3.05, 3.63) is 36.1 Å². The van der Waals surface area contributed by atoms with Crippen molar-refractivity contribution in [1.82, 2.24) is 0 Å². The molecule has 1 rings (SSSR count). The number of hydrogen-bond acceptors (Lipinski definition) is 2. The van der Waals surface area contributed by atoms with E-state index < -0.39 is 0 Å². The monoisotopic (exact) mass is 180 g/mol. The van der Waals surface area contributed by atoms with Crippen molar-refractivity contribution in [3.8, 4) is 0 Å². The first kappa shape index (κ1) is 10.1. The average molecular weight is 180 g/mol. The third kappa shape index (κ3) is 2.46. The van der Waals surface area contributed by atoms with Gasteiger partial charge in [0.15, 0.2) is 0 Å². The molecule has 2 heteroatoms. The normalized spacial score (nSPS) is 28.9. The number of hydrogen-bond donors (Lipinski definition) is 1. The van der Waals surface area contributed by atoms with Gasteiger partial charge in [0.25, 0.3) is 0 Å². The molecule has 0 aromatic rings. The fourth-order valence-corrected chi connectivity index (χ4v) is 1.42.